The second-order valence-corrected chi connectivity index (χ2v) is 6.39. The molecule has 4 nitrogen and oxygen atoms in total. The standard InChI is InChI=1S/C14H27NO3S/c1-4-8-15-14(3,13(16)18-5-2)11-19-12-6-9-17-10-7-12/h12,15H,4-11H2,1-3H3. The van der Waals surface area contributed by atoms with Crippen LogP contribution in [0.2, 0.25) is 0 Å². The Hall–Kier alpha value is -0.260. The van der Waals surface area contributed by atoms with Crippen molar-refractivity contribution in [2.75, 3.05) is 32.1 Å². The molecular weight excluding hydrogens is 262 g/mol. The molecule has 1 unspecified atom stereocenters. The topological polar surface area (TPSA) is 47.6 Å². The van der Waals surface area contributed by atoms with Gasteiger partial charge in [-0.05, 0) is 39.7 Å². The number of thioether (sulfide) groups is 1. The first-order chi connectivity index (χ1) is 9.12. The Kier molecular flexibility index (Phi) is 7.80. The molecule has 1 aliphatic heterocycles. The Morgan fingerprint density at radius 1 is 1.42 bits per heavy atom. The van der Waals surface area contributed by atoms with Gasteiger partial charge in [0, 0.05) is 24.2 Å². The molecule has 19 heavy (non-hydrogen) atoms. The lowest BCUT2D eigenvalue weighted by atomic mass is 10.1. The van der Waals surface area contributed by atoms with Gasteiger partial charge in [0.2, 0.25) is 0 Å². The van der Waals surface area contributed by atoms with Gasteiger partial charge in [-0.2, -0.15) is 11.8 Å². The number of hydrogen-bond acceptors (Lipinski definition) is 5. The number of hydrogen-bond donors (Lipinski definition) is 1. The summed E-state index contributed by atoms with van der Waals surface area (Å²) in [5, 5.41) is 3.95. The van der Waals surface area contributed by atoms with Gasteiger partial charge in [-0.1, -0.05) is 6.92 Å². The van der Waals surface area contributed by atoms with E-state index in [2.05, 4.69) is 12.2 Å². The van der Waals surface area contributed by atoms with E-state index in [0.29, 0.717) is 11.9 Å². The molecule has 0 spiro atoms. The van der Waals surface area contributed by atoms with Crippen LogP contribution < -0.4 is 5.32 Å². The minimum atomic E-state index is -0.574. The fourth-order valence-electron chi connectivity index (χ4n) is 2.00. The third-order valence-electron chi connectivity index (χ3n) is 3.27. The van der Waals surface area contributed by atoms with Crippen molar-refractivity contribution in [2.45, 2.75) is 50.8 Å². The minimum absolute atomic E-state index is 0.136. The van der Waals surface area contributed by atoms with Gasteiger partial charge in [-0.25, -0.2) is 0 Å². The fraction of sp³-hybridized carbons (Fsp3) is 0.929. The Morgan fingerprint density at radius 2 is 2.11 bits per heavy atom. The number of carbonyl (C=O) groups is 1. The molecule has 0 bridgehead atoms. The van der Waals surface area contributed by atoms with E-state index in [9.17, 15) is 4.79 Å². The van der Waals surface area contributed by atoms with Crippen LogP contribution in [0.3, 0.4) is 0 Å². The van der Waals surface area contributed by atoms with Gasteiger partial charge < -0.3 is 14.8 Å². The van der Waals surface area contributed by atoms with Gasteiger partial charge >= 0.3 is 5.97 Å². The van der Waals surface area contributed by atoms with Gasteiger partial charge in [-0.15, -0.1) is 0 Å². The maximum atomic E-state index is 12.1. The average Bonchev–Trinajstić information content (AvgIpc) is 2.44. The summed E-state index contributed by atoms with van der Waals surface area (Å²) in [6.07, 6.45) is 3.17. The predicted molar refractivity (Wildman–Crippen MR) is 79.6 cm³/mol. The Morgan fingerprint density at radius 3 is 2.68 bits per heavy atom. The van der Waals surface area contributed by atoms with Gasteiger partial charge in [-0.3, -0.25) is 4.79 Å². The largest absolute Gasteiger partial charge is 0.465 e. The quantitative estimate of drug-likeness (QED) is 0.694. The van der Waals surface area contributed by atoms with Crippen molar-refractivity contribution in [1.29, 1.82) is 0 Å². The molecule has 0 saturated carbocycles. The first-order valence-corrected chi connectivity index (χ1v) is 8.29. The average molecular weight is 289 g/mol. The van der Waals surface area contributed by atoms with Crippen LogP contribution in [0.15, 0.2) is 0 Å². The molecule has 0 aromatic rings. The minimum Gasteiger partial charge on any atom is -0.465 e. The summed E-state index contributed by atoms with van der Waals surface area (Å²) in [5.74, 6) is 0.624. The summed E-state index contributed by atoms with van der Waals surface area (Å²) in [5.41, 5.74) is -0.574. The highest BCUT2D eigenvalue weighted by molar-refractivity contribution is 8.00. The lowest BCUT2D eigenvalue weighted by Gasteiger charge is -2.31. The monoisotopic (exact) mass is 289 g/mol. The molecule has 5 heteroatoms. The fourth-order valence-corrected chi connectivity index (χ4v) is 3.32. The molecule has 1 saturated heterocycles. The van der Waals surface area contributed by atoms with Crippen molar-refractivity contribution in [2.24, 2.45) is 0 Å². The molecule has 0 radical (unpaired) electrons. The SMILES string of the molecule is CCCNC(C)(CSC1CCOCC1)C(=O)OCC. The number of nitrogens with one attached hydrogen (secondary N) is 1. The zero-order valence-electron chi connectivity index (χ0n) is 12.4. The highest BCUT2D eigenvalue weighted by Crippen LogP contribution is 2.26. The highest BCUT2D eigenvalue weighted by Gasteiger charge is 2.35. The zero-order valence-corrected chi connectivity index (χ0v) is 13.2. The highest BCUT2D eigenvalue weighted by atomic mass is 32.2. The van der Waals surface area contributed by atoms with E-state index in [1.807, 2.05) is 25.6 Å². The number of carbonyl (C=O) groups excluding carboxylic acids is 1. The number of esters is 1. The molecule has 0 aromatic heterocycles. The molecule has 1 rings (SSSR count). The van der Waals surface area contributed by atoms with Crippen LogP contribution in [0.5, 0.6) is 0 Å². The van der Waals surface area contributed by atoms with E-state index < -0.39 is 5.54 Å². The van der Waals surface area contributed by atoms with Gasteiger partial charge in [0.1, 0.15) is 5.54 Å². The molecule has 1 N–H and O–H groups in total. The van der Waals surface area contributed by atoms with Crippen molar-refractivity contribution >= 4 is 17.7 Å². The van der Waals surface area contributed by atoms with Crippen molar-refractivity contribution in [3.8, 4) is 0 Å². The van der Waals surface area contributed by atoms with E-state index in [1.54, 1.807) is 0 Å². The van der Waals surface area contributed by atoms with E-state index in [1.165, 1.54) is 0 Å². The van der Waals surface area contributed by atoms with Gasteiger partial charge in [0.05, 0.1) is 6.61 Å². The van der Waals surface area contributed by atoms with Gasteiger partial charge in [0.15, 0.2) is 0 Å². The van der Waals surface area contributed by atoms with Crippen LogP contribution in [-0.4, -0.2) is 48.9 Å². The van der Waals surface area contributed by atoms with E-state index in [0.717, 1.165) is 44.8 Å². The summed E-state index contributed by atoms with van der Waals surface area (Å²) in [7, 11) is 0. The molecule has 112 valence electrons. The summed E-state index contributed by atoms with van der Waals surface area (Å²) < 4.78 is 10.6. The number of rotatable bonds is 8. The second-order valence-electron chi connectivity index (χ2n) is 5.10. The third kappa shape index (κ3) is 5.71. The Labute approximate surface area is 121 Å². The predicted octanol–water partition coefficient (Wildman–Crippen LogP) is 2.22. The molecule has 1 fully saturated rings. The molecule has 1 aliphatic rings. The lowest BCUT2D eigenvalue weighted by molar-refractivity contribution is -0.149. The van der Waals surface area contributed by atoms with Crippen LogP contribution in [0.4, 0.5) is 0 Å². The van der Waals surface area contributed by atoms with Crippen LogP contribution >= 0.6 is 11.8 Å². The smallest absolute Gasteiger partial charge is 0.326 e. The maximum Gasteiger partial charge on any atom is 0.326 e. The van der Waals surface area contributed by atoms with Crippen molar-refractivity contribution in [3.63, 3.8) is 0 Å². The molecule has 1 atom stereocenters. The summed E-state index contributed by atoms with van der Waals surface area (Å²) in [4.78, 5) is 12.1. The molecule has 0 amide bonds. The summed E-state index contributed by atoms with van der Waals surface area (Å²) >= 11 is 1.87. The Balaban J connectivity index is 2.49. The molecular formula is C14H27NO3S. The van der Waals surface area contributed by atoms with E-state index in [-0.39, 0.29) is 5.97 Å². The molecule has 1 heterocycles. The molecule has 0 aliphatic carbocycles. The summed E-state index contributed by atoms with van der Waals surface area (Å²) in [6, 6.07) is 0. The zero-order chi connectivity index (χ0) is 14.1. The van der Waals surface area contributed by atoms with E-state index >= 15 is 0 Å². The number of ether oxygens (including phenoxy) is 2. The van der Waals surface area contributed by atoms with Crippen molar-refractivity contribution < 1.29 is 14.3 Å². The first-order valence-electron chi connectivity index (χ1n) is 7.24. The Bertz CT molecular complexity index is 269. The lowest BCUT2D eigenvalue weighted by Crippen LogP contribution is -2.53. The molecule has 0 aromatic carbocycles. The van der Waals surface area contributed by atoms with Crippen molar-refractivity contribution in [1.82, 2.24) is 5.32 Å². The normalized spacial score (nSPS) is 19.9. The first kappa shape index (κ1) is 16.8. The van der Waals surface area contributed by atoms with Crippen LogP contribution in [-0.2, 0) is 14.3 Å². The van der Waals surface area contributed by atoms with E-state index in [4.69, 9.17) is 9.47 Å². The maximum absolute atomic E-state index is 12.1. The third-order valence-corrected chi connectivity index (χ3v) is 4.95. The van der Waals surface area contributed by atoms with Crippen molar-refractivity contribution in [3.05, 3.63) is 0 Å². The van der Waals surface area contributed by atoms with Gasteiger partial charge in [0.25, 0.3) is 0 Å². The van der Waals surface area contributed by atoms with Crippen LogP contribution in [0.25, 0.3) is 0 Å². The van der Waals surface area contributed by atoms with Crippen LogP contribution in [0, 0.1) is 0 Å². The summed E-state index contributed by atoms with van der Waals surface area (Å²) in [6.45, 7) is 8.86. The van der Waals surface area contributed by atoms with Crippen LogP contribution in [0.1, 0.15) is 40.0 Å². The second kappa shape index (κ2) is 8.82.